The Morgan fingerprint density at radius 2 is 1.95 bits per heavy atom. The molecule has 0 radical (unpaired) electrons. The van der Waals surface area contributed by atoms with E-state index >= 15 is 0 Å². The number of anilines is 1. The van der Waals surface area contributed by atoms with Crippen LogP contribution in [0, 0.1) is 0 Å². The lowest BCUT2D eigenvalue weighted by Crippen LogP contribution is -2.04. The van der Waals surface area contributed by atoms with Gasteiger partial charge < -0.3 is 5.32 Å². The number of benzene rings is 1. The second-order valence-corrected chi connectivity index (χ2v) is 4.31. The van der Waals surface area contributed by atoms with Crippen LogP contribution in [-0.4, -0.2) is 32.2 Å². The Hall–Kier alpha value is -2.76. The van der Waals surface area contributed by atoms with E-state index in [2.05, 4.69) is 25.7 Å². The molecule has 0 saturated carbocycles. The minimum atomic E-state index is 0.552. The molecule has 0 amide bonds. The van der Waals surface area contributed by atoms with Crippen molar-refractivity contribution in [3.05, 3.63) is 54.2 Å². The zero-order chi connectivity index (χ0) is 13.8. The molecule has 1 N–H and O–H groups in total. The van der Waals surface area contributed by atoms with Gasteiger partial charge in [-0.3, -0.25) is 0 Å². The van der Waals surface area contributed by atoms with E-state index in [9.17, 15) is 0 Å². The maximum atomic E-state index is 4.37. The molecule has 0 aliphatic heterocycles. The molecule has 0 fully saturated rings. The van der Waals surface area contributed by atoms with Crippen LogP contribution in [-0.2, 0) is 6.54 Å². The van der Waals surface area contributed by atoms with Crippen LogP contribution < -0.4 is 5.32 Å². The van der Waals surface area contributed by atoms with Gasteiger partial charge in [-0.05, 0) is 16.8 Å². The molecule has 0 unspecified atom stereocenters. The number of nitrogens with one attached hydrogen (secondary N) is 1. The van der Waals surface area contributed by atoms with Crippen molar-refractivity contribution in [2.45, 2.75) is 6.54 Å². The topological polar surface area (TPSA) is 68.5 Å². The highest BCUT2D eigenvalue weighted by Gasteiger charge is 2.05. The van der Waals surface area contributed by atoms with Crippen LogP contribution in [0.4, 0.5) is 5.82 Å². The van der Waals surface area contributed by atoms with Gasteiger partial charge in [-0.2, -0.15) is 4.80 Å². The highest BCUT2D eigenvalue weighted by molar-refractivity contribution is 5.52. The standard InChI is InChI=1S/C14H14N6/c1-15-13-8-7-11(9-16-13)10-20-18-14(17-19-20)12-5-3-2-4-6-12/h2-9H,10H2,1H3,(H,15,16). The summed E-state index contributed by atoms with van der Waals surface area (Å²) < 4.78 is 0. The Morgan fingerprint density at radius 1 is 1.10 bits per heavy atom. The SMILES string of the molecule is CNc1ccc(Cn2nnc(-c3ccccc3)n2)cn1. The fraction of sp³-hybridized carbons (Fsp3) is 0.143. The first-order valence-corrected chi connectivity index (χ1v) is 6.31. The van der Waals surface area contributed by atoms with Gasteiger partial charge in [-0.25, -0.2) is 4.98 Å². The van der Waals surface area contributed by atoms with Gasteiger partial charge in [0.05, 0.1) is 6.54 Å². The Balaban J connectivity index is 1.77. The third-order valence-corrected chi connectivity index (χ3v) is 2.89. The molecular formula is C14H14N6. The summed E-state index contributed by atoms with van der Waals surface area (Å²) in [7, 11) is 1.84. The summed E-state index contributed by atoms with van der Waals surface area (Å²) in [6.07, 6.45) is 1.80. The van der Waals surface area contributed by atoms with Crippen molar-refractivity contribution in [1.82, 2.24) is 25.2 Å². The molecular weight excluding hydrogens is 252 g/mol. The molecule has 2 aromatic heterocycles. The van der Waals surface area contributed by atoms with Gasteiger partial charge in [0.15, 0.2) is 0 Å². The lowest BCUT2D eigenvalue weighted by atomic mass is 10.2. The van der Waals surface area contributed by atoms with Crippen molar-refractivity contribution in [3.63, 3.8) is 0 Å². The van der Waals surface area contributed by atoms with Crippen LogP contribution in [0.1, 0.15) is 5.56 Å². The van der Waals surface area contributed by atoms with Gasteiger partial charge in [0, 0.05) is 18.8 Å². The molecule has 100 valence electrons. The highest BCUT2D eigenvalue weighted by Crippen LogP contribution is 2.12. The summed E-state index contributed by atoms with van der Waals surface area (Å²) in [5, 5.41) is 15.5. The predicted molar refractivity (Wildman–Crippen MR) is 76.1 cm³/mol. The lowest BCUT2D eigenvalue weighted by Gasteiger charge is -2.01. The molecule has 0 bridgehead atoms. The second-order valence-electron chi connectivity index (χ2n) is 4.31. The number of tetrazole rings is 1. The van der Waals surface area contributed by atoms with E-state index in [1.54, 1.807) is 11.0 Å². The van der Waals surface area contributed by atoms with Crippen molar-refractivity contribution >= 4 is 5.82 Å². The summed E-state index contributed by atoms with van der Waals surface area (Å²) in [6.45, 7) is 0.552. The van der Waals surface area contributed by atoms with Gasteiger partial charge in [0.1, 0.15) is 5.82 Å². The van der Waals surface area contributed by atoms with E-state index in [1.807, 2.05) is 49.5 Å². The van der Waals surface area contributed by atoms with Crippen molar-refractivity contribution in [1.29, 1.82) is 0 Å². The molecule has 0 saturated heterocycles. The first-order valence-electron chi connectivity index (χ1n) is 6.31. The summed E-state index contributed by atoms with van der Waals surface area (Å²) in [4.78, 5) is 5.83. The summed E-state index contributed by atoms with van der Waals surface area (Å²) >= 11 is 0. The van der Waals surface area contributed by atoms with E-state index in [0.29, 0.717) is 12.4 Å². The van der Waals surface area contributed by atoms with Gasteiger partial charge in [0.25, 0.3) is 0 Å². The number of hydrogen-bond acceptors (Lipinski definition) is 5. The van der Waals surface area contributed by atoms with Crippen molar-refractivity contribution in [2.24, 2.45) is 0 Å². The molecule has 0 atom stereocenters. The third kappa shape index (κ3) is 2.64. The molecule has 0 spiro atoms. The van der Waals surface area contributed by atoms with Gasteiger partial charge in [-0.1, -0.05) is 36.4 Å². The quantitative estimate of drug-likeness (QED) is 0.780. The summed E-state index contributed by atoms with van der Waals surface area (Å²) in [5.41, 5.74) is 1.99. The van der Waals surface area contributed by atoms with Crippen molar-refractivity contribution in [2.75, 3.05) is 12.4 Å². The van der Waals surface area contributed by atoms with Crippen LogP contribution in [0.5, 0.6) is 0 Å². The Kier molecular flexibility index (Phi) is 3.36. The number of nitrogens with zero attached hydrogens (tertiary/aromatic N) is 5. The molecule has 0 aliphatic carbocycles. The van der Waals surface area contributed by atoms with Crippen LogP contribution in [0.25, 0.3) is 11.4 Å². The molecule has 1 aromatic carbocycles. The van der Waals surface area contributed by atoms with Crippen molar-refractivity contribution in [3.8, 4) is 11.4 Å². The average Bonchev–Trinajstić information content (AvgIpc) is 2.97. The molecule has 6 heteroatoms. The van der Waals surface area contributed by atoms with Gasteiger partial charge in [0.2, 0.25) is 5.82 Å². The zero-order valence-electron chi connectivity index (χ0n) is 11.1. The second kappa shape index (κ2) is 5.48. The molecule has 3 rings (SSSR count). The third-order valence-electron chi connectivity index (χ3n) is 2.89. The first-order chi connectivity index (χ1) is 9.85. The maximum absolute atomic E-state index is 4.37. The van der Waals surface area contributed by atoms with Gasteiger partial charge in [-0.15, -0.1) is 10.2 Å². The molecule has 6 nitrogen and oxygen atoms in total. The number of aromatic nitrogens is 5. The van der Waals surface area contributed by atoms with E-state index < -0.39 is 0 Å². The largest absolute Gasteiger partial charge is 0.373 e. The molecule has 0 aliphatic rings. The minimum absolute atomic E-state index is 0.552. The fourth-order valence-electron chi connectivity index (χ4n) is 1.84. The highest BCUT2D eigenvalue weighted by atomic mass is 15.6. The summed E-state index contributed by atoms with van der Waals surface area (Å²) in [6, 6.07) is 13.7. The first kappa shape index (κ1) is 12.3. The van der Waals surface area contributed by atoms with Crippen LogP contribution in [0.3, 0.4) is 0 Å². The zero-order valence-corrected chi connectivity index (χ0v) is 11.1. The van der Waals surface area contributed by atoms with Crippen LogP contribution in [0.2, 0.25) is 0 Å². The minimum Gasteiger partial charge on any atom is -0.373 e. The normalized spacial score (nSPS) is 10.4. The number of hydrogen-bond donors (Lipinski definition) is 1. The van der Waals surface area contributed by atoms with Crippen LogP contribution >= 0.6 is 0 Å². The monoisotopic (exact) mass is 266 g/mol. The van der Waals surface area contributed by atoms with E-state index in [1.165, 1.54) is 0 Å². The molecule has 2 heterocycles. The number of rotatable bonds is 4. The lowest BCUT2D eigenvalue weighted by molar-refractivity contribution is 0.572. The van der Waals surface area contributed by atoms with E-state index in [4.69, 9.17) is 0 Å². The average molecular weight is 266 g/mol. The summed E-state index contributed by atoms with van der Waals surface area (Å²) in [5.74, 6) is 1.47. The predicted octanol–water partition coefficient (Wildman–Crippen LogP) is 1.83. The smallest absolute Gasteiger partial charge is 0.204 e. The van der Waals surface area contributed by atoms with Crippen LogP contribution in [0.15, 0.2) is 48.7 Å². The Morgan fingerprint density at radius 3 is 2.65 bits per heavy atom. The van der Waals surface area contributed by atoms with Gasteiger partial charge >= 0.3 is 0 Å². The Bertz CT molecular complexity index is 674. The molecule has 3 aromatic rings. The Labute approximate surface area is 116 Å². The number of pyridine rings is 1. The van der Waals surface area contributed by atoms with E-state index in [0.717, 1.165) is 16.9 Å². The maximum Gasteiger partial charge on any atom is 0.204 e. The molecule has 20 heavy (non-hydrogen) atoms. The van der Waals surface area contributed by atoms with E-state index in [-0.39, 0.29) is 0 Å². The van der Waals surface area contributed by atoms with Crippen molar-refractivity contribution < 1.29 is 0 Å². The fourth-order valence-corrected chi connectivity index (χ4v) is 1.84.